The maximum absolute atomic E-state index is 9.60. The van der Waals surface area contributed by atoms with Crippen LogP contribution in [0.3, 0.4) is 0 Å². The minimum absolute atomic E-state index is 0.158. The summed E-state index contributed by atoms with van der Waals surface area (Å²) in [5, 5.41) is 28.0. The number of hydrogen-bond acceptors (Lipinski definition) is 4. The van der Waals surface area contributed by atoms with Crippen molar-refractivity contribution < 1.29 is 9.84 Å². The molecule has 0 saturated carbocycles. The molecule has 4 rings (SSSR count). The molecule has 0 unspecified atom stereocenters. The number of aromatic nitrogens is 2. The number of aromatic hydroxyl groups is 1. The SMILES string of the molecule is CCOC(=N)c1ccc2[nH]nc(-c3ccc4cc(O)ccc4c3)c2c1. The Morgan fingerprint density at radius 3 is 2.72 bits per heavy atom. The van der Waals surface area contributed by atoms with E-state index in [2.05, 4.69) is 10.2 Å². The maximum atomic E-state index is 9.60. The first-order valence-electron chi connectivity index (χ1n) is 8.08. The summed E-state index contributed by atoms with van der Waals surface area (Å²) in [6, 6.07) is 17.0. The first-order valence-corrected chi connectivity index (χ1v) is 8.08. The van der Waals surface area contributed by atoms with Crippen molar-refractivity contribution in [1.82, 2.24) is 10.2 Å². The third kappa shape index (κ3) is 2.70. The summed E-state index contributed by atoms with van der Waals surface area (Å²) in [7, 11) is 0. The lowest BCUT2D eigenvalue weighted by atomic mass is 10.0. The molecule has 3 aromatic carbocycles. The van der Waals surface area contributed by atoms with Crippen molar-refractivity contribution in [3.8, 4) is 17.0 Å². The molecule has 0 aliphatic carbocycles. The van der Waals surface area contributed by atoms with Gasteiger partial charge in [0.2, 0.25) is 5.90 Å². The van der Waals surface area contributed by atoms with Crippen LogP contribution in [0, 0.1) is 5.41 Å². The van der Waals surface area contributed by atoms with Crippen LogP contribution in [0.4, 0.5) is 0 Å². The number of hydrogen-bond donors (Lipinski definition) is 3. The van der Waals surface area contributed by atoms with Crippen molar-refractivity contribution in [2.45, 2.75) is 6.92 Å². The maximum Gasteiger partial charge on any atom is 0.213 e. The largest absolute Gasteiger partial charge is 0.508 e. The molecule has 25 heavy (non-hydrogen) atoms. The first kappa shape index (κ1) is 15.2. The average molecular weight is 331 g/mol. The van der Waals surface area contributed by atoms with Crippen LogP contribution in [0.25, 0.3) is 32.9 Å². The number of H-pyrrole nitrogens is 1. The predicted octanol–water partition coefficient (Wildman–Crippen LogP) is 4.45. The van der Waals surface area contributed by atoms with Crippen LogP contribution < -0.4 is 0 Å². The summed E-state index contributed by atoms with van der Waals surface area (Å²) in [6.07, 6.45) is 0. The lowest BCUT2D eigenvalue weighted by Crippen LogP contribution is -2.04. The van der Waals surface area contributed by atoms with Gasteiger partial charge in [0.1, 0.15) is 5.75 Å². The fourth-order valence-corrected chi connectivity index (χ4v) is 2.98. The molecule has 0 aliphatic heterocycles. The highest BCUT2D eigenvalue weighted by Gasteiger charge is 2.11. The van der Waals surface area contributed by atoms with Gasteiger partial charge in [-0.1, -0.05) is 18.2 Å². The van der Waals surface area contributed by atoms with E-state index in [9.17, 15) is 5.11 Å². The number of fused-ring (bicyclic) bond motifs is 2. The predicted molar refractivity (Wildman–Crippen MR) is 99.2 cm³/mol. The summed E-state index contributed by atoms with van der Waals surface area (Å²) in [5.41, 5.74) is 3.44. The van der Waals surface area contributed by atoms with Gasteiger partial charge in [0.15, 0.2) is 0 Å². The minimum Gasteiger partial charge on any atom is -0.508 e. The minimum atomic E-state index is 0.158. The highest BCUT2D eigenvalue weighted by Crippen LogP contribution is 2.30. The zero-order valence-electron chi connectivity index (χ0n) is 13.7. The molecule has 0 atom stereocenters. The number of ether oxygens (including phenoxy) is 1. The Bertz CT molecular complexity index is 1100. The van der Waals surface area contributed by atoms with E-state index in [0.717, 1.165) is 38.5 Å². The Morgan fingerprint density at radius 2 is 1.88 bits per heavy atom. The monoisotopic (exact) mass is 331 g/mol. The molecule has 1 heterocycles. The van der Waals surface area contributed by atoms with E-state index in [1.165, 1.54) is 0 Å². The first-order chi connectivity index (χ1) is 12.2. The number of phenols is 1. The smallest absolute Gasteiger partial charge is 0.213 e. The van der Waals surface area contributed by atoms with Crippen molar-refractivity contribution in [3.05, 3.63) is 60.2 Å². The molecule has 0 bridgehead atoms. The molecule has 5 heteroatoms. The van der Waals surface area contributed by atoms with Gasteiger partial charge in [-0.3, -0.25) is 10.5 Å². The Balaban J connectivity index is 1.84. The summed E-state index contributed by atoms with van der Waals surface area (Å²) >= 11 is 0. The molecule has 0 fully saturated rings. The molecule has 3 N–H and O–H groups in total. The van der Waals surface area contributed by atoms with Crippen molar-refractivity contribution >= 4 is 27.6 Å². The van der Waals surface area contributed by atoms with Gasteiger partial charge in [0, 0.05) is 16.5 Å². The average Bonchev–Trinajstić information content (AvgIpc) is 3.04. The Labute approximate surface area is 144 Å². The summed E-state index contributed by atoms with van der Waals surface area (Å²) in [4.78, 5) is 0. The van der Waals surface area contributed by atoms with E-state index in [4.69, 9.17) is 10.1 Å². The van der Waals surface area contributed by atoms with E-state index >= 15 is 0 Å². The van der Waals surface area contributed by atoms with Gasteiger partial charge in [-0.15, -0.1) is 0 Å². The molecule has 0 amide bonds. The standard InChI is InChI=1S/C20H17N3O2/c1-2-25-20(21)15-6-8-18-17(11-15)19(23-22-18)14-4-3-13-10-16(24)7-5-12(13)9-14/h3-11,21,24H,2H2,1H3,(H,22,23). The highest BCUT2D eigenvalue weighted by molar-refractivity contribution is 6.01. The van der Waals surface area contributed by atoms with Gasteiger partial charge in [-0.2, -0.15) is 5.10 Å². The molecule has 4 aromatic rings. The van der Waals surface area contributed by atoms with E-state index < -0.39 is 0 Å². The summed E-state index contributed by atoms with van der Waals surface area (Å²) < 4.78 is 5.30. The molecule has 124 valence electrons. The van der Waals surface area contributed by atoms with Crippen LogP contribution in [0.1, 0.15) is 12.5 Å². The number of nitrogens with one attached hydrogen (secondary N) is 2. The molecule has 1 aromatic heterocycles. The third-order valence-corrected chi connectivity index (χ3v) is 4.21. The second-order valence-electron chi connectivity index (χ2n) is 5.84. The second kappa shape index (κ2) is 5.94. The van der Waals surface area contributed by atoms with Crippen molar-refractivity contribution in [2.24, 2.45) is 0 Å². The van der Waals surface area contributed by atoms with E-state index in [1.807, 2.05) is 49.4 Å². The lowest BCUT2D eigenvalue weighted by molar-refractivity contribution is 0.325. The summed E-state index contributed by atoms with van der Waals surface area (Å²) in [6.45, 7) is 2.33. The molecule has 0 saturated heterocycles. The lowest BCUT2D eigenvalue weighted by Gasteiger charge is -2.06. The fourth-order valence-electron chi connectivity index (χ4n) is 2.98. The highest BCUT2D eigenvalue weighted by atomic mass is 16.5. The van der Waals surface area contributed by atoms with Gasteiger partial charge in [-0.05, 0) is 54.1 Å². The molecular formula is C20H17N3O2. The van der Waals surface area contributed by atoms with Gasteiger partial charge in [-0.25, -0.2) is 0 Å². The topological polar surface area (TPSA) is 82.0 Å². The van der Waals surface area contributed by atoms with Crippen LogP contribution in [0.15, 0.2) is 54.6 Å². The molecular weight excluding hydrogens is 314 g/mol. The number of phenolic OH excluding ortho intramolecular Hbond substituents is 1. The second-order valence-corrected chi connectivity index (χ2v) is 5.84. The molecule has 0 spiro atoms. The van der Waals surface area contributed by atoms with E-state index in [-0.39, 0.29) is 11.6 Å². The van der Waals surface area contributed by atoms with Gasteiger partial charge in [0.05, 0.1) is 17.8 Å². The van der Waals surface area contributed by atoms with Crippen molar-refractivity contribution in [3.63, 3.8) is 0 Å². The number of aromatic amines is 1. The Hall–Kier alpha value is -3.34. The normalized spacial score (nSPS) is 11.1. The molecule has 0 aliphatic rings. The van der Waals surface area contributed by atoms with Crippen LogP contribution in [0.2, 0.25) is 0 Å². The zero-order chi connectivity index (χ0) is 17.4. The Kier molecular flexibility index (Phi) is 3.61. The number of benzene rings is 3. The van der Waals surface area contributed by atoms with Crippen LogP contribution in [0.5, 0.6) is 5.75 Å². The van der Waals surface area contributed by atoms with E-state index in [1.54, 1.807) is 12.1 Å². The van der Waals surface area contributed by atoms with Crippen LogP contribution in [-0.4, -0.2) is 27.8 Å². The van der Waals surface area contributed by atoms with E-state index in [0.29, 0.717) is 6.61 Å². The van der Waals surface area contributed by atoms with Crippen molar-refractivity contribution in [1.29, 1.82) is 5.41 Å². The quantitative estimate of drug-likeness (QED) is 0.383. The van der Waals surface area contributed by atoms with Crippen molar-refractivity contribution in [2.75, 3.05) is 6.61 Å². The fraction of sp³-hybridized carbons (Fsp3) is 0.100. The van der Waals surface area contributed by atoms with Gasteiger partial charge >= 0.3 is 0 Å². The van der Waals surface area contributed by atoms with Gasteiger partial charge < -0.3 is 9.84 Å². The summed E-state index contributed by atoms with van der Waals surface area (Å²) in [5.74, 6) is 0.412. The number of rotatable bonds is 3. The zero-order valence-corrected chi connectivity index (χ0v) is 13.7. The van der Waals surface area contributed by atoms with Crippen LogP contribution in [-0.2, 0) is 4.74 Å². The van der Waals surface area contributed by atoms with Crippen LogP contribution >= 0.6 is 0 Å². The van der Waals surface area contributed by atoms with Gasteiger partial charge in [0.25, 0.3) is 0 Å². The number of nitrogens with zero attached hydrogens (tertiary/aromatic N) is 1. The Morgan fingerprint density at radius 1 is 1.08 bits per heavy atom. The molecule has 0 radical (unpaired) electrons. The molecule has 5 nitrogen and oxygen atoms in total. The third-order valence-electron chi connectivity index (χ3n) is 4.21.